The third kappa shape index (κ3) is 5.85. The number of fused-ring (bicyclic) bond motifs is 5. The van der Waals surface area contributed by atoms with E-state index in [1.54, 1.807) is 19.1 Å². The molecule has 0 aliphatic carbocycles. The molecule has 1 aromatic carbocycles. The average molecular weight is 513 g/mol. The lowest BCUT2D eigenvalue weighted by Crippen LogP contribution is -2.53. The van der Waals surface area contributed by atoms with Crippen LogP contribution in [0.4, 0.5) is 10.5 Å². The van der Waals surface area contributed by atoms with Crippen LogP contribution in [-0.4, -0.2) is 63.2 Å². The van der Waals surface area contributed by atoms with Gasteiger partial charge in [0.2, 0.25) is 5.91 Å². The normalized spacial score (nSPS) is 34.9. The Bertz CT molecular complexity index is 1100. The van der Waals surface area contributed by atoms with Gasteiger partial charge in [-0.2, -0.15) is 0 Å². The summed E-state index contributed by atoms with van der Waals surface area (Å²) in [6.45, 7) is 8.13. The number of nitrogens with zero attached hydrogens (tertiary/aromatic N) is 1. The fourth-order valence-corrected chi connectivity index (χ4v) is 5.67. The topological polar surface area (TPSA) is 89.6 Å². The molecule has 1 N–H and O–H groups in total. The maximum Gasteiger partial charge on any atom is 0.407 e. The van der Waals surface area contributed by atoms with Gasteiger partial charge in [-0.15, -0.1) is 0 Å². The van der Waals surface area contributed by atoms with Gasteiger partial charge in [-0.05, 0) is 51.3 Å². The van der Waals surface area contributed by atoms with Gasteiger partial charge in [0, 0.05) is 38.5 Å². The summed E-state index contributed by atoms with van der Waals surface area (Å²) in [6, 6.07) is 3.88. The molecule has 0 radical (unpaired) electrons. The van der Waals surface area contributed by atoms with Crippen LogP contribution in [0.3, 0.4) is 0 Å². The first kappa shape index (κ1) is 27.2. The molecule has 0 spiro atoms. The SMILES string of the molecule is COc1cc2cc(c1C)N(C)C(=O)CC[C@]1(C)O[C@H]1[C@H](C)C1CC(NC(=O)O1)[C@H](OC)/C=C/C=C(\C)C2. The number of alkyl carbamates (subject to hydrolysis) is 1. The van der Waals surface area contributed by atoms with Gasteiger partial charge in [0.05, 0.1) is 36.6 Å². The van der Waals surface area contributed by atoms with Crippen molar-refractivity contribution in [1.29, 1.82) is 0 Å². The Hall–Kier alpha value is -2.84. The minimum atomic E-state index is -0.441. The van der Waals surface area contributed by atoms with Gasteiger partial charge >= 0.3 is 6.09 Å². The minimum absolute atomic E-state index is 0.0136. The number of anilines is 1. The van der Waals surface area contributed by atoms with Gasteiger partial charge in [0.15, 0.2) is 0 Å². The average Bonchev–Trinajstić information content (AvgIpc) is 3.55. The number of amides is 2. The lowest BCUT2D eigenvalue weighted by atomic mass is 9.86. The number of carbonyl (C=O) groups excluding carboxylic acids is 2. The summed E-state index contributed by atoms with van der Waals surface area (Å²) in [5.74, 6) is 0.769. The van der Waals surface area contributed by atoms with Crippen molar-refractivity contribution in [3.05, 3.63) is 47.1 Å². The van der Waals surface area contributed by atoms with Crippen molar-refractivity contribution >= 4 is 17.7 Å². The standard InChI is InChI=1S/C29H40N2O6/c1-17-9-8-10-23(34-6)21-16-25(36-28(33)30-21)19(3)27-29(4,37-27)12-11-26(32)31(5)22-14-20(13-17)15-24(35-7)18(22)2/h8-10,14-15,19,21,23,25,27H,11-13,16H2,1-7H3,(H,30,33)/b10-8+,17-9+/t19-,21?,23-,25?,27+,29+/m1/s1. The highest BCUT2D eigenvalue weighted by atomic mass is 16.6. The lowest BCUT2D eigenvalue weighted by Gasteiger charge is -2.35. The van der Waals surface area contributed by atoms with Crippen molar-refractivity contribution in [2.75, 3.05) is 26.2 Å². The quantitative estimate of drug-likeness (QED) is 0.588. The second kappa shape index (κ2) is 10.9. The minimum Gasteiger partial charge on any atom is -0.496 e. The van der Waals surface area contributed by atoms with Crippen LogP contribution in [0.5, 0.6) is 5.75 Å². The first-order chi connectivity index (χ1) is 17.6. The van der Waals surface area contributed by atoms with Crippen molar-refractivity contribution in [3.63, 3.8) is 0 Å². The maximum absolute atomic E-state index is 13.3. The number of nitrogens with one attached hydrogen (secondary N) is 1. The molecule has 4 bridgehead atoms. The van der Waals surface area contributed by atoms with Crippen LogP contribution in [0, 0.1) is 12.8 Å². The van der Waals surface area contributed by atoms with Crippen molar-refractivity contribution in [1.82, 2.24) is 5.32 Å². The summed E-state index contributed by atoms with van der Waals surface area (Å²) >= 11 is 0. The first-order valence-corrected chi connectivity index (χ1v) is 13.0. The van der Waals surface area contributed by atoms with E-state index >= 15 is 0 Å². The zero-order chi connectivity index (χ0) is 26.9. The molecule has 1 aromatic rings. The van der Waals surface area contributed by atoms with Gasteiger partial charge in [0.1, 0.15) is 11.9 Å². The number of carbonyl (C=O) groups is 2. The molecule has 3 aliphatic heterocycles. The molecule has 37 heavy (non-hydrogen) atoms. The van der Waals surface area contributed by atoms with Crippen LogP contribution in [-0.2, 0) is 25.4 Å². The monoisotopic (exact) mass is 512 g/mol. The summed E-state index contributed by atoms with van der Waals surface area (Å²) in [5.41, 5.74) is 3.55. The third-order valence-electron chi connectivity index (χ3n) is 8.07. The van der Waals surface area contributed by atoms with Crippen LogP contribution in [0.1, 0.15) is 51.2 Å². The van der Waals surface area contributed by atoms with E-state index in [4.69, 9.17) is 18.9 Å². The van der Waals surface area contributed by atoms with Crippen LogP contribution in [0.25, 0.3) is 0 Å². The fraction of sp³-hybridized carbons (Fsp3) is 0.586. The molecular weight excluding hydrogens is 472 g/mol. The van der Waals surface area contributed by atoms with Crippen LogP contribution >= 0.6 is 0 Å². The number of hydrogen-bond acceptors (Lipinski definition) is 6. The van der Waals surface area contributed by atoms with E-state index in [-0.39, 0.29) is 36.2 Å². The Labute approximate surface area is 220 Å². The molecule has 3 aliphatic rings. The van der Waals surface area contributed by atoms with Crippen LogP contribution in [0.2, 0.25) is 0 Å². The molecule has 4 rings (SSSR count). The molecule has 3 heterocycles. The Morgan fingerprint density at radius 3 is 2.65 bits per heavy atom. The summed E-state index contributed by atoms with van der Waals surface area (Å²) in [4.78, 5) is 27.4. The number of epoxide rings is 1. The smallest absolute Gasteiger partial charge is 0.407 e. The number of ether oxygens (including phenoxy) is 4. The molecule has 2 amide bonds. The number of rotatable bonds is 2. The number of hydrogen-bond donors (Lipinski definition) is 1. The van der Waals surface area contributed by atoms with Crippen molar-refractivity contribution in [3.8, 4) is 5.75 Å². The number of allylic oxidation sites excluding steroid dienone is 3. The Balaban J connectivity index is 1.68. The largest absolute Gasteiger partial charge is 0.496 e. The molecule has 0 saturated carbocycles. The molecule has 2 unspecified atom stereocenters. The zero-order valence-corrected chi connectivity index (χ0v) is 23.0. The zero-order valence-electron chi connectivity index (χ0n) is 23.0. The van der Waals surface area contributed by atoms with Crippen molar-refractivity contribution in [2.45, 2.75) is 83.3 Å². The summed E-state index contributed by atoms with van der Waals surface area (Å²) in [5, 5.41) is 2.92. The van der Waals surface area contributed by atoms with E-state index < -0.39 is 11.7 Å². The lowest BCUT2D eigenvalue weighted by molar-refractivity contribution is -0.118. The summed E-state index contributed by atoms with van der Waals surface area (Å²) in [7, 11) is 5.12. The van der Waals surface area contributed by atoms with Gasteiger partial charge in [-0.25, -0.2) is 4.79 Å². The van der Waals surface area contributed by atoms with E-state index in [1.165, 1.54) is 0 Å². The van der Waals surface area contributed by atoms with E-state index in [0.717, 1.165) is 28.1 Å². The molecular formula is C29H40N2O6. The predicted molar refractivity (Wildman–Crippen MR) is 142 cm³/mol. The Morgan fingerprint density at radius 2 is 1.95 bits per heavy atom. The number of methoxy groups -OCH3 is 2. The second-order valence-electron chi connectivity index (χ2n) is 10.8. The highest BCUT2D eigenvalue weighted by Crippen LogP contribution is 2.47. The molecule has 2 saturated heterocycles. The van der Waals surface area contributed by atoms with Crippen molar-refractivity contribution < 1.29 is 28.5 Å². The molecule has 2 fully saturated rings. The summed E-state index contributed by atoms with van der Waals surface area (Å²) in [6.07, 6.45) is 7.13. The second-order valence-corrected chi connectivity index (χ2v) is 10.8. The Kier molecular flexibility index (Phi) is 7.99. The Morgan fingerprint density at radius 1 is 1.19 bits per heavy atom. The molecule has 202 valence electrons. The van der Waals surface area contributed by atoms with Gasteiger partial charge < -0.3 is 29.2 Å². The van der Waals surface area contributed by atoms with Gasteiger partial charge in [0.25, 0.3) is 0 Å². The van der Waals surface area contributed by atoms with Crippen LogP contribution in [0.15, 0.2) is 35.9 Å². The third-order valence-corrected chi connectivity index (χ3v) is 8.07. The van der Waals surface area contributed by atoms with E-state index in [9.17, 15) is 9.59 Å². The first-order valence-electron chi connectivity index (χ1n) is 13.0. The highest BCUT2D eigenvalue weighted by molar-refractivity contribution is 5.94. The molecule has 8 nitrogen and oxygen atoms in total. The molecule has 8 heteroatoms. The molecule has 0 aromatic heterocycles. The molecule has 6 atom stereocenters. The van der Waals surface area contributed by atoms with Crippen LogP contribution < -0.4 is 15.0 Å². The predicted octanol–water partition coefficient (Wildman–Crippen LogP) is 4.48. The van der Waals surface area contributed by atoms with E-state index in [2.05, 4.69) is 25.2 Å². The van der Waals surface area contributed by atoms with Gasteiger partial charge in [-0.3, -0.25) is 4.79 Å². The summed E-state index contributed by atoms with van der Waals surface area (Å²) < 4.78 is 23.2. The van der Waals surface area contributed by atoms with Crippen molar-refractivity contribution in [2.24, 2.45) is 5.92 Å². The van der Waals surface area contributed by atoms with E-state index in [1.807, 2.05) is 45.2 Å². The van der Waals surface area contributed by atoms with E-state index in [0.29, 0.717) is 25.7 Å². The maximum atomic E-state index is 13.3. The fourth-order valence-electron chi connectivity index (χ4n) is 5.67. The highest BCUT2D eigenvalue weighted by Gasteiger charge is 2.57. The number of benzene rings is 1. The van der Waals surface area contributed by atoms with Gasteiger partial charge in [-0.1, -0.05) is 30.7 Å².